The first-order valence-corrected chi connectivity index (χ1v) is 8.23. The van der Waals surface area contributed by atoms with Crippen molar-refractivity contribution in [1.82, 2.24) is 15.1 Å². The molecule has 0 aliphatic carbocycles. The van der Waals surface area contributed by atoms with E-state index in [1.165, 1.54) is 0 Å². The predicted molar refractivity (Wildman–Crippen MR) is 86.2 cm³/mol. The first-order valence-electron chi connectivity index (χ1n) is 8.23. The molecule has 1 heterocycles. The first-order chi connectivity index (χ1) is 9.99. The highest BCUT2D eigenvalue weighted by atomic mass is 16.5. The maximum absolute atomic E-state index is 12.5. The minimum atomic E-state index is 0.0167. The summed E-state index contributed by atoms with van der Waals surface area (Å²) in [6.07, 6.45) is 3.20. The van der Waals surface area contributed by atoms with Crippen molar-refractivity contribution in [1.29, 1.82) is 0 Å². The normalized spacial score (nSPS) is 22.8. The highest BCUT2D eigenvalue weighted by Gasteiger charge is 2.37. The van der Waals surface area contributed by atoms with Gasteiger partial charge in [0.25, 0.3) is 0 Å². The quantitative estimate of drug-likeness (QED) is 0.664. The molecule has 1 rings (SSSR count). The van der Waals surface area contributed by atoms with Crippen LogP contribution in [0, 0.1) is 5.92 Å². The number of carbonyl (C=O) groups excluding carboxylic acids is 1. The molecule has 2 unspecified atom stereocenters. The minimum absolute atomic E-state index is 0.0167. The third-order valence-electron chi connectivity index (χ3n) is 4.02. The molecule has 5 heteroatoms. The molecule has 1 saturated heterocycles. The number of ether oxygens (including phenoxy) is 1. The van der Waals surface area contributed by atoms with Crippen LogP contribution >= 0.6 is 0 Å². The molecule has 21 heavy (non-hydrogen) atoms. The van der Waals surface area contributed by atoms with Crippen molar-refractivity contribution < 1.29 is 9.53 Å². The van der Waals surface area contributed by atoms with Crippen molar-refractivity contribution in [2.45, 2.75) is 52.2 Å². The molecule has 1 amide bonds. The first kappa shape index (κ1) is 18.4. The molecule has 2 atom stereocenters. The van der Waals surface area contributed by atoms with Gasteiger partial charge in [0.2, 0.25) is 5.91 Å². The smallest absolute Gasteiger partial charge is 0.241 e. The molecule has 1 aliphatic rings. The summed E-state index contributed by atoms with van der Waals surface area (Å²) in [7, 11) is 3.80. The fraction of sp³-hybridized carbons (Fsp3) is 0.938. The molecule has 1 N–H and O–H groups in total. The number of hydrogen-bond acceptors (Lipinski definition) is 4. The lowest BCUT2D eigenvalue weighted by atomic mass is 10.1. The lowest BCUT2D eigenvalue weighted by Gasteiger charge is -2.27. The third-order valence-corrected chi connectivity index (χ3v) is 4.02. The molecule has 0 saturated carbocycles. The number of amides is 1. The maximum Gasteiger partial charge on any atom is 0.241 e. The zero-order valence-electron chi connectivity index (χ0n) is 14.4. The van der Waals surface area contributed by atoms with Crippen LogP contribution in [0.1, 0.15) is 40.0 Å². The molecule has 0 bridgehead atoms. The number of hydrogen-bond donors (Lipinski definition) is 1. The van der Waals surface area contributed by atoms with Crippen molar-refractivity contribution in [2.24, 2.45) is 5.92 Å². The molecule has 0 aromatic carbocycles. The van der Waals surface area contributed by atoms with Gasteiger partial charge in [-0.15, -0.1) is 0 Å². The summed E-state index contributed by atoms with van der Waals surface area (Å²) in [6.45, 7) is 9.88. The number of likely N-dealkylation sites (N-methyl/N-ethyl adjacent to an activating group) is 1. The summed E-state index contributed by atoms with van der Waals surface area (Å²) in [4.78, 5) is 16.8. The number of carbonyl (C=O) groups is 1. The van der Waals surface area contributed by atoms with E-state index >= 15 is 0 Å². The summed E-state index contributed by atoms with van der Waals surface area (Å²) in [5, 5.41) is 3.52. The monoisotopic (exact) mass is 299 g/mol. The Morgan fingerprint density at radius 2 is 2.10 bits per heavy atom. The van der Waals surface area contributed by atoms with Crippen LogP contribution in [0.25, 0.3) is 0 Å². The fourth-order valence-electron chi connectivity index (χ4n) is 2.79. The van der Waals surface area contributed by atoms with Crippen LogP contribution in [0.5, 0.6) is 0 Å². The largest absolute Gasteiger partial charge is 0.383 e. The molecule has 124 valence electrons. The van der Waals surface area contributed by atoms with Crippen LogP contribution in [0.3, 0.4) is 0 Å². The van der Waals surface area contributed by atoms with Crippen LogP contribution in [0.15, 0.2) is 0 Å². The standard InChI is InChI=1S/C16H33N3O2/c1-6-7-14-16(20)19(15(17-14)12-13(2)3)9-8-18(4)10-11-21-5/h13-15,17H,6-12H2,1-5H3. The second-order valence-electron chi connectivity index (χ2n) is 6.48. The van der Waals surface area contributed by atoms with Gasteiger partial charge in [-0.05, 0) is 25.8 Å². The molecule has 5 nitrogen and oxygen atoms in total. The van der Waals surface area contributed by atoms with Crippen molar-refractivity contribution in [3.63, 3.8) is 0 Å². The summed E-state index contributed by atoms with van der Waals surface area (Å²) < 4.78 is 5.09. The lowest BCUT2D eigenvalue weighted by molar-refractivity contribution is -0.130. The summed E-state index contributed by atoms with van der Waals surface area (Å²) >= 11 is 0. The van der Waals surface area contributed by atoms with E-state index in [2.05, 4.69) is 38.0 Å². The molecular weight excluding hydrogens is 266 g/mol. The Hall–Kier alpha value is -0.650. The molecule has 1 aliphatic heterocycles. The Kier molecular flexibility index (Phi) is 8.22. The van der Waals surface area contributed by atoms with Crippen molar-refractivity contribution in [2.75, 3.05) is 40.4 Å². The minimum Gasteiger partial charge on any atom is -0.383 e. The van der Waals surface area contributed by atoms with Crippen LogP contribution in [-0.2, 0) is 9.53 Å². The number of nitrogens with one attached hydrogen (secondary N) is 1. The molecule has 0 spiro atoms. The number of rotatable bonds is 10. The molecular formula is C16H33N3O2. The van der Waals surface area contributed by atoms with E-state index in [-0.39, 0.29) is 18.1 Å². The fourth-order valence-corrected chi connectivity index (χ4v) is 2.79. The second-order valence-corrected chi connectivity index (χ2v) is 6.48. The van der Waals surface area contributed by atoms with Gasteiger partial charge < -0.3 is 14.5 Å². The van der Waals surface area contributed by atoms with Crippen molar-refractivity contribution in [3.8, 4) is 0 Å². The van der Waals surface area contributed by atoms with E-state index in [4.69, 9.17) is 4.74 Å². The zero-order chi connectivity index (χ0) is 15.8. The van der Waals surface area contributed by atoms with Gasteiger partial charge in [0.1, 0.15) is 0 Å². The van der Waals surface area contributed by atoms with E-state index in [1.54, 1.807) is 7.11 Å². The molecule has 1 fully saturated rings. The molecule has 0 radical (unpaired) electrons. The average molecular weight is 299 g/mol. The van der Waals surface area contributed by atoms with Gasteiger partial charge in [-0.3, -0.25) is 10.1 Å². The summed E-state index contributed by atoms with van der Waals surface area (Å²) in [5.41, 5.74) is 0. The van der Waals surface area contributed by atoms with Crippen molar-refractivity contribution in [3.05, 3.63) is 0 Å². The Labute approximate surface area is 130 Å². The van der Waals surface area contributed by atoms with Crippen LogP contribution < -0.4 is 5.32 Å². The van der Waals surface area contributed by atoms with Gasteiger partial charge in [0, 0.05) is 26.7 Å². The van der Waals surface area contributed by atoms with E-state index < -0.39 is 0 Å². The SMILES string of the molecule is CCCC1NC(CC(C)C)N(CCN(C)CCOC)C1=O. The highest BCUT2D eigenvalue weighted by Crippen LogP contribution is 2.19. The Morgan fingerprint density at radius 3 is 2.67 bits per heavy atom. The van der Waals surface area contributed by atoms with E-state index in [1.807, 2.05) is 4.90 Å². The zero-order valence-corrected chi connectivity index (χ0v) is 14.4. The van der Waals surface area contributed by atoms with Crippen LogP contribution in [-0.4, -0.2) is 68.3 Å². The van der Waals surface area contributed by atoms with Gasteiger partial charge in [-0.1, -0.05) is 27.2 Å². The van der Waals surface area contributed by atoms with Crippen molar-refractivity contribution >= 4 is 5.91 Å². The number of nitrogens with zero attached hydrogens (tertiary/aromatic N) is 2. The van der Waals surface area contributed by atoms with E-state index in [9.17, 15) is 4.79 Å². The van der Waals surface area contributed by atoms with Crippen LogP contribution in [0.2, 0.25) is 0 Å². The summed E-state index contributed by atoms with van der Waals surface area (Å²) in [5.74, 6) is 0.868. The Morgan fingerprint density at radius 1 is 1.38 bits per heavy atom. The highest BCUT2D eigenvalue weighted by molar-refractivity contribution is 5.84. The van der Waals surface area contributed by atoms with Gasteiger partial charge in [-0.25, -0.2) is 0 Å². The van der Waals surface area contributed by atoms with Gasteiger partial charge in [-0.2, -0.15) is 0 Å². The molecule has 0 aromatic heterocycles. The average Bonchev–Trinajstić information content (AvgIpc) is 2.70. The van der Waals surface area contributed by atoms with Gasteiger partial charge >= 0.3 is 0 Å². The predicted octanol–water partition coefficient (Wildman–Crippen LogP) is 1.54. The van der Waals surface area contributed by atoms with E-state index in [0.717, 1.165) is 45.5 Å². The lowest BCUT2D eigenvalue weighted by Crippen LogP contribution is -2.42. The van der Waals surface area contributed by atoms with Crippen LogP contribution in [0.4, 0.5) is 0 Å². The maximum atomic E-state index is 12.5. The summed E-state index contributed by atoms with van der Waals surface area (Å²) in [6, 6.07) is 0.0167. The Balaban J connectivity index is 2.54. The topological polar surface area (TPSA) is 44.8 Å². The molecule has 0 aromatic rings. The second kappa shape index (κ2) is 9.38. The Bertz CT molecular complexity index is 310. The van der Waals surface area contributed by atoms with Gasteiger partial charge in [0.05, 0.1) is 18.8 Å². The third kappa shape index (κ3) is 5.93. The van der Waals surface area contributed by atoms with E-state index in [0.29, 0.717) is 5.92 Å². The number of methoxy groups -OCH3 is 1. The van der Waals surface area contributed by atoms with Gasteiger partial charge in [0.15, 0.2) is 0 Å².